The molecule has 1 aromatic heterocycles. The Morgan fingerprint density at radius 3 is 2.74 bits per heavy atom. The van der Waals surface area contributed by atoms with Crippen LogP contribution in [0, 0.1) is 11.6 Å². The molecule has 3 heterocycles. The van der Waals surface area contributed by atoms with Gasteiger partial charge in [0.1, 0.15) is 48.7 Å². The number of pyridine rings is 1. The maximum atomic E-state index is 14.0. The van der Waals surface area contributed by atoms with E-state index < -0.39 is 46.2 Å². The predicted octanol–water partition coefficient (Wildman–Crippen LogP) is 2.75. The van der Waals surface area contributed by atoms with E-state index >= 15 is 0 Å². The fourth-order valence-electron chi connectivity index (χ4n) is 4.63. The summed E-state index contributed by atoms with van der Waals surface area (Å²) >= 11 is 0. The minimum absolute atomic E-state index is 0.00550. The van der Waals surface area contributed by atoms with E-state index in [9.17, 15) is 28.3 Å². The van der Waals surface area contributed by atoms with Crippen LogP contribution in [-0.4, -0.2) is 46.3 Å². The van der Waals surface area contributed by atoms with E-state index in [-0.39, 0.29) is 24.5 Å². The van der Waals surface area contributed by atoms with Crippen molar-refractivity contribution in [2.45, 2.75) is 25.4 Å². The quantitative estimate of drug-likeness (QED) is 0.582. The Labute approximate surface area is 221 Å². The molecule has 39 heavy (non-hydrogen) atoms. The van der Waals surface area contributed by atoms with Crippen LogP contribution in [0.15, 0.2) is 77.5 Å². The zero-order chi connectivity index (χ0) is 27.7. The summed E-state index contributed by atoms with van der Waals surface area (Å²) in [7, 11) is 1.61. The van der Waals surface area contributed by atoms with Gasteiger partial charge in [-0.05, 0) is 24.5 Å². The van der Waals surface area contributed by atoms with E-state index in [1.807, 2.05) is 18.2 Å². The zero-order valence-corrected chi connectivity index (χ0v) is 20.8. The normalized spacial score (nSPS) is 17.1. The Morgan fingerprint density at radius 2 is 2.05 bits per heavy atom. The minimum atomic E-state index is -1.07. The van der Waals surface area contributed by atoms with Crippen LogP contribution >= 0.6 is 0 Å². The third-order valence-electron chi connectivity index (χ3n) is 6.55. The molecule has 10 nitrogen and oxygen atoms in total. The van der Waals surface area contributed by atoms with Crippen LogP contribution in [0.5, 0.6) is 5.75 Å². The third-order valence-corrected chi connectivity index (χ3v) is 6.55. The van der Waals surface area contributed by atoms with E-state index in [0.29, 0.717) is 18.2 Å². The molecule has 1 aromatic carbocycles. The van der Waals surface area contributed by atoms with E-state index in [4.69, 9.17) is 9.47 Å². The summed E-state index contributed by atoms with van der Waals surface area (Å²) in [6.45, 7) is -0.321. The lowest BCUT2D eigenvalue weighted by atomic mass is 9.94. The number of halogens is 2. The molecule has 202 valence electrons. The second-order valence-corrected chi connectivity index (χ2v) is 9.06. The number of nitrogens with one attached hydrogen (secondary N) is 1. The van der Waals surface area contributed by atoms with Crippen molar-refractivity contribution in [1.29, 1.82) is 0 Å². The third kappa shape index (κ3) is 4.88. The molecule has 2 aliphatic heterocycles. The lowest BCUT2D eigenvalue weighted by Crippen LogP contribution is -2.57. The highest BCUT2D eigenvalue weighted by atomic mass is 19.1. The molecule has 0 bridgehead atoms. The van der Waals surface area contributed by atoms with Gasteiger partial charge in [-0.3, -0.25) is 24.1 Å². The molecule has 3 aliphatic rings. The molecule has 2 aromatic rings. The van der Waals surface area contributed by atoms with E-state index in [0.717, 1.165) is 24.3 Å². The molecular weight excluding hydrogens is 514 g/mol. The first kappa shape index (κ1) is 25.8. The van der Waals surface area contributed by atoms with Crippen LogP contribution in [0.25, 0.3) is 0 Å². The first-order chi connectivity index (χ1) is 18.8. The van der Waals surface area contributed by atoms with Crippen LogP contribution in [-0.2, 0) is 16.0 Å². The molecule has 0 saturated carbocycles. The highest BCUT2D eigenvalue weighted by Gasteiger charge is 2.40. The minimum Gasteiger partial charge on any atom is -0.502 e. The second-order valence-electron chi connectivity index (χ2n) is 9.06. The van der Waals surface area contributed by atoms with Gasteiger partial charge < -0.3 is 24.8 Å². The summed E-state index contributed by atoms with van der Waals surface area (Å²) in [5, 5.41) is 14.8. The van der Waals surface area contributed by atoms with Gasteiger partial charge >= 0.3 is 0 Å². The van der Waals surface area contributed by atoms with Gasteiger partial charge in [-0.25, -0.2) is 8.78 Å². The second kappa shape index (κ2) is 10.5. The molecule has 0 radical (unpaired) electrons. The molecule has 1 atom stereocenters. The van der Waals surface area contributed by atoms with Crippen molar-refractivity contribution in [2.75, 3.05) is 18.7 Å². The Kier molecular flexibility index (Phi) is 6.92. The Bertz CT molecular complexity index is 1530. The molecule has 1 unspecified atom stereocenters. The topological polar surface area (TPSA) is 113 Å². The summed E-state index contributed by atoms with van der Waals surface area (Å²) in [6.07, 6.45) is 12.4. The summed E-state index contributed by atoms with van der Waals surface area (Å²) in [6, 6.07) is 2.20. The fourth-order valence-corrected chi connectivity index (χ4v) is 4.63. The van der Waals surface area contributed by atoms with Gasteiger partial charge in [-0.1, -0.05) is 24.3 Å². The van der Waals surface area contributed by atoms with Gasteiger partial charge in [-0.15, -0.1) is 0 Å². The molecule has 12 heteroatoms. The van der Waals surface area contributed by atoms with Crippen LogP contribution < -0.4 is 15.8 Å². The lowest BCUT2D eigenvalue weighted by molar-refractivity contribution is 0.0605. The van der Waals surface area contributed by atoms with Crippen molar-refractivity contribution in [3.63, 3.8) is 0 Å². The largest absolute Gasteiger partial charge is 0.502 e. The SMILES string of the molecule is CN1CN(C(C2=CC=CCC2)C2=COC=CO2)C(=O)c2c(O)c(=O)c(C(=O)NCc3ccc(F)cc3F)cn21. The van der Waals surface area contributed by atoms with Gasteiger partial charge in [0, 0.05) is 31.4 Å². The van der Waals surface area contributed by atoms with Crippen molar-refractivity contribution >= 4 is 11.8 Å². The number of benzene rings is 1. The maximum Gasteiger partial charge on any atom is 0.278 e. The summed E-state index contributed by atoms with van der Waals surface area (Å²) in [5.74, 6) is -3.76. The summed E-state index contributed by atoms with van der Waals surface area (Å²) < 4.78 is 39.3. The standard InChI is InChI=1S/C27H24F2N4O6/c1-31-15-32(22(16-5-3-2-4-6-16)21-14-38-9-10-39-21)27(37)23-25(35)24(34)19(13-33(23)31)26(36)30-12-17-7-8-18(28)11-20(17)29/h2-3,5,7-11,13-14,22,35H,4,6,12,15H2,1H3,(H,30,36). The molecular formula is C27H24F2N4O6. The molecule has 1 aliphatic carbocycles. The average molecular weight is 539 g/mol. The van der Waals surface area contributed by atoms with Crippen LogP contribution in [0.2, 0.25) is 0 Å². The number of allylic oxidation sites excluding steroid dienone is 3. The first-order valence-electron chi connectivity index (χ1n) is 12.0. The molecule has 0 spiro atoms. The molecule has 5 rings (SSSR count). The van der Waals surface area contributed by atoms with Gasteiger partial charge in [0.05, 0.1) is 0 Å². The highest BCUT2D eigenvalue weighted by molar-refractivity contribution is 5.99. The number of carbonyl (C=O) groups excluding carboxylic acids is 2. The van der Waals surface area contributed by atoms with E-state index in [1.54, 1.807) is 12.1 Å². The number of amides is 2. The Hall–Kier alpha value is -4.87. The molecule has 0 saturated heterocycles. The van der Waals surface area contributed by atoms with Crippen molar-refractivity contribution in [3.05, 3.63) is 111 Å². The molecule has 2 N–H and O–H groups in total. The smallest absolute Gasteiger partial charge is 0.278 e. The lowest BCUT2D eigenvalue weighted by Gasteiger charge is -2.42. The van der Waals surface area contributed by atoms with E-state index in [1.165, 1.54) is 34.4 Å². The number of ether oxygens (including phenoxy) is 2. The average Bonchev–Trinajstić information content (AvgIpc) is 2.93. The van der Waals surface area contributed by atoms with Crippen molar-refractivity contribution in [3.8, 4) is 5.75 Å². The Morgan fingerprint density at radius 1 is 1.23 bits per heavy atom. The van der Waals surface area contributed by atoms with Crippen molar-refractivity contribution < 1.29 is 33.0 Å². The number of hydrogen-bond donors (Lipinski definition) is 2. The molecule has 0 fully saturated rings. The van der Waals surface area contributed by atoms with Gasteiger partial charge in [-0.2, -0.15) is 0 Å². The van der Waals surface area contributed by atoms with Crippen LogP contribution in [0.1, 0.15) is 39.3 Å². The number of aromatic hydroxyl groups is 1. The number of carbonyl (C=O) groups is 2. The van der Waals surface area contributed by atoms with Crippen molar-refractivity contribution in [1.82, 2.24) is 14.9 Å². The zero-order valence-electron chi connectivity index (χ0n) is 20.8. The van der Waals surface area contributed by atoms with E-state index in [2.05, 4.69) is 5.32 Å². The van der Waals surface area contributed by atoms with Crippen LogP contribution in [0.4, 0.5) is 8.78 Å². The van der Waals surface area contributed by atoms with Gasteiger partial charge in [0.25, 0.3) is 11.8 Å². The number of hydrogen-bond acceptors (Lipinski definition) is 7. The first-order valence-corrected chi connectivity index (χ1v) is 12.0. The van der Waals surface area contributed by atoms with Crippen molar-refractivity contribution in [2.24, 2.45) is 0 Å². The van der Waals surface area contributed by atoms with Gasteiger partial charge in [0.15, 0.2) is 17.2 Å². The monoisotopic (exact) mass is 538 g/mol. The summed E-state index contributed by atoms with van der Waals surface area (Å²) in [5.41, 5.74) is -0.993. The number of rotatable bonds is 6. The van der Waals surface area contributed by atoms with Crippen LogP contribution in [0.3, 0.4) is 0 Å². The molecule has 2 amide bonds. The number of aromatic nitrogens is 1. The number of fused-ring (bicyclic) bond motifs is 1. The van der Waals surface area contributed by atoms with Gasteiger partial charge in [0.2, 0.25) is 5.43 Å². The Balaban J connectivity index is 1.47. The predicted molar refractivity (Wildman–Crippen MR) is 135 cm³/mol. The maximum absolute atomic E-state index is 14.0. The number of nitrogens with zero attached hydrogens (tertiary/aromatic N) is 3. The fraction of sp³-hybridized carbons (Fsp3) is 0.222. The summed E-state index contributed by atoms with van der Waals surface area (Å²) in [4.78, 5) is 41.0. The highest BCUT2D eigenvalue weighted by Crippen LogP contribution is 2.32.